The summed E-state index contributed by atoms with van der Waals surface area (Å²) < 4.78 is 11.8. The zero-order chi connectivity index (χ0) is 17.2. The first-order valence-electron chi connectivity index (χ1n) is 9.18. The van der Waals surface area contributed by atoms with Crippen LogP contribution in [0.5, 0.6) is 0 Å². The van der Waals surface area contributed by atoms with Gasteiger partial charge in [0.05, 0.1) is 25.4 Å². The summed E-state index contributed by atoms with van der Waals surface area (Å²) in [5, 5.41) is 4.19. The van der Waals surface area contributed by atoms with E-state index in [9.17, 15) is 0 Å². The minimum Gasteiger partial charge on any atom is -0.375 e. The number of nitrogens with zero attached hydrogens (tertiary/aromatic N) is 2. The molecule has 144 valence electrons. The third-order valence-corrected chi connectivity index (χ3v) is 5.93. The molecule has 4 atom stereocenters. The lowest BCUT2D eigenvalue weighted by Gasteiger charge is -2.23. The van der Waals surface area contributed by atoms with Crippen LogP contribution < -0.4 is 5.32 Å². The number of aliphatic imine (C=N–C) groups is 1. The van der Waals surface area contributed by atoms with Crippen molar-refractivity contribution in [2.24, 2.45) is 16.8 Å². The molecule has 2 bridgehead atoms. The third-order valence-electron chi connectivity index (χ3n) is 5.68. The number of fused-ring (bicyclic) bond motifs is 5. The first kappa shape index (κ1) is 20.2. The lowest BCUT2D eigenvalue weighted by molar-refractivity contribution is 0.0765. The maximum atomic E-state index is 6.05. The van der Waals surface area contributed by atoms with Gasteiger partial charge in [-0.1, -0.05) is 23.7 Å². The molecular weight excluding hydrogens is 465 g/mol. The Morgan fingerprint density at radius 3 is 2.50 bits per heavy atom. The van der Waals surface area contributed by atoms with E-state index in [1.165, 1.54) is 12.8 Å². The molecule has 0 radical (unpaired) electrons. The lowest BCUT2D eigenvalue weighted by Crippen LogP contribution is -2.42. The van der Waals surface area contributed by atoms with E-state index in [0.717, 1.165) is 36.2 Å². The van der Waals surface area contributed by atoms with Crippen molar-refractivity contribution in [3.63, 3.8) is 0 Å². The largest absolute Gasteiger partial charge is 0.375 e. The van der Waals surface area contributed by atoms with Gasteiger partial charge in [0, 0.05) is 43.5 Å². The fraction of sp³-hybridized carbons (Fsp3) is 0.632. The van der Waals surface area contributed by atoms with Crippen molar-refractivity contribution in [3.05, 3.63) is 34.9 Å². The highest BCUT2D eigenvalue weighted by Gasteiger charge is 2.53. The zero-order valence-corrected chi connectivity index (χ0v) is 18.2. The van der Waals surface area contributed by atoms with E-state index in [-0.39, 0.29) is 24.0 Å². The number of likely N-dealkylation sites (tertiary alicyclic amines) is 1. The summed E-state index contributed by atoms with van der Waals surface area (Å²) in [5.74, 6) is 2.38. The van der Waals surface area contributed by atoms with Crippen molar-refractivity contribution in [1.82, 2.24) is 10.2 Å². The molecule has 4 rings (SSSR count). The first-order valence-corrected chi connectivity index (χ1v) is 9.55. The molecule has 7 heteroatoms. The van der Waals surface area contributed by atoms with E-state index in [0.29, 0.717) is 37.3 Å². The Hall–Kier alpha value is -0.570. The van der Waals surface area contributed by atoms with E-state index in [4.69, 9.17) is 21.1 Å². The molecule has 0 aromatic heterocycles. The molecule has 1 aromatic carbocycles. The molecule has 0 aliphatic carbocycles. The van der Waals surface area contributed by atoms with Crippen LogP contribution in [0.1, 0.15) is 18.4 Å². The van der Waals surface area contributed by atoms with Crippen molar-refractivity contribution in [3.8, 4) is 0 Å². The topological polar surface area (TPSA) is 46.1 Å². The summed E-state index contributed by atoms with van der Waals surface area (Å²) in [6.45, 7) is 4.15. The number of benzene rings is 1. The average molecular weight is 492 g/mol. The van der Waals surface area contributed by atoms with Gasteiger partial charge in [-0.05, 0) is 30.5 Å². The Bertz CT molecular complexity index is 610. The van der Waals surface area contributed by atoms with E-state index >= 15 is 0 Å². The summed E-state index contributed by atoms with van der Waals surface area (Å²) in [6, 6.07) is 7.77. The third kappa shape index (κ3) is 4.29. The predicted octanol–water partition coefficient (Wildman–Crippen LogP) is 3.16. The SMILES string of the molecule is CN=C(NCCOCc1ccc(Cl)cc1)N1CC2C3CCC(O3)C2C1.I. The fourth-order valence-electron chi connectivity index (χ4n) is 4.47. The highest BCUT2D eigenvalue weighted by Crippen LogP contribution is 2.47. The van der Waals surface area contributed by atoms with Gasteiger partial charge in [0.25, 0.3) is 0 Å². The molecule has 3 aliphatic heterocycles. The highest BCUT2D eigenvalue weighted by atomic mass is 127. The van der Waals surface area contributed by atoms with Crippen LogP contribution in [0, 0.1) is 11.8 Å². The summed E-state index contributed by atoms with van der Waals surface area (Å²) >= 11 is 5.89. The molecule has 3 aliphatic rings. The maximum Gasteiger partial charge on any atom is 0.193 e. The first-order chi connectivity index (χ1) is 12.2. The van der Waals surface area contributed by atoms with Gasteiger partial charge in [0.1, 0.15) is 0 Å². The smallest absolute Gasteiger partial charge is 0.193 e. The van der Waals surface area contributed by atoms with Crippen molar-refractivity contribution >= 4 is 41.5 Å². The monoisotopic (exact) mass is 491 g/mol. The zero-order valence-electron chi connectivity index (χ0n) is 15.1. The molecule has 26 heavy (non-hydrogen) atoms. The van der Waals surface area contributed by atoms with Gasteiger partial charge in [-0.25, -0.2) is 0 Å². The van der Waals surface area contributed by atoms with Crippen LogP contribution in [-0.4, -0.2) is 56.4 Å². The minimum absolute atomic E-state index is 0. The van der Waals surface area contributed by atoms with Gasteiger partial charge in [-0.3, -0.25) is 4.99 Å². The van der Waals surface area contributed by atoms with Gasteiger partial charge in [0.15, 0.2) is 5.96 Å². The maximum absolute atomic E-state index is 6.05. The number of guanidine groups is 1. The van der Waals surface area contributed by atoms with Gasteiger partial charge in [-0.2, -0.15) is 0 Å². The molecule has 1 N–H and O–H groups in total. The molecular formula is C19H27ClIN3O2. The molecule has 0 saturated carbocycles. The molecule has 0 amide bonds. The molecule has 4 unspecified atom stereocenters. The van der Waals surface area contributed by atoms with E-state index in [1.54, 1.807) is 0 Å². The van der Waals surface area contributed by atoms with Crippen molar-refractivity contribution in [2.45, 2.75) is 31.7 Å². The second kappa shape index (κ2) is 9.08. The standard InChI is InChI=1S/C19H26ClN3O2.HI/c1-21-19(22-8-9-24-12-13-2-4-14(20)5-3-13)23-10-15-16(11-23)18-7-6-17(15)25-18;/h2-5,15-18H,6-12H2,1H3,(H,21,22);1H. The number of halogens is 2. The van der Waals surface area contributed by atoms with E-state index in [1.807, 2.05) is 31.3 Å². The second-order valence-electron chi connectivity index (χ2n) is 7.18. The Morgan fingerprint density at radius 2 is 1.88 bits per heavy atom. The van der Waals surface area contributed by atoms with Gasteiger partial charge in [0.2, 0.25) is 0 Å². The minimum atomic E-state index is 0. The quantitative estimate of drug-likeness (QED) is 0.297. The summed E-state index contributed by atoms with van der Waals surface area (Å²) in [4.78, 5) is 6.84. The summed E-state index contributed by atoms with van der Waals surface area (Å²) in [5.41, 5.74) is 1.14. The number of nitrogens with one attached hydrogen (secondary N) is 1. The van der Waals surface area contributed by atoms with Gasteiger partial charge >= 0.3 is 0 Å². The van der Waals surface area contributed by atoms with Crippen LogP contribution in [0.3, 0.4) is 0 Å². The van der Waals surface area contributed by atoms with Gasteiger partial charge in [-0.15, -0.1) is 24.0 Å². The van der Waals surface area contributed by atoms with E-state index < -0.39 is 0 Å². The number of rotatable bonds is 5. The van der Waals surface area contributed by atoms with Crippen LogP contribution in [0.2, 0.25) is 5.02 Å². The van der Waals surface area contributed by atoms with Crippen LogP contribution in [0.4, 0.5) is 0 Å². The Morgan fingerprint density at radius 1 is 1.23 bits per heavy atom. The highest BCUT2D eigenvalue weighted by molar-refractivity contribution is 14.0. The number of hydrogen-bond donors (Lipinski definition) is 1. The summed E-state index contributed by atoms with van der Waals surface area (Å²) in [6.07, 6.45) is 3.45. The molecule has 3 heterocycles. The van der Waals surface area contributed by atoms with E-state index in [2.05, 4.69) is 15.2 Å². The molecule has 5 nitrogen and oxygen atoms in total. The summed E-state index contributed by atoms with van der Waals surface area (Å²) in [7, 11) is 1.86. The average Bonchev–Trinajstić information content (AvgIpc) is 3.32. The van der Waals surface area contributed by atoms with Crippen LogP contribution in [-0.2, 0) is 16.1 Å². The van der Waals surface area contributed by atoms with Crippen LogP contribution in [0.15, 0.2) is 29.3 Å². The number of ether oxygens (including phenoxy) is 2. The van der Waals surface area contributed by atoms with Gasteiger partial charge < -0.3 is 19.7 Å². The second-order valence-corrected chi connectivity index (χ2v) is 7.61. The van der Waals surface area contributed by atoms with Crippen molar-refractivity contribution in [2.75, 3.05) is 33.3 Å². The van der Waals surface area contributed by atoms with Crippen molar-refractivity contribution in [1.29, 1.82) is 0 Å². The van der Waals surface area contributed by atoms with Crippen molar-refractivity contribution < 1.29 is 9.47 Å². The molecule has 1 aromatic rings. The molecule has 3 saturated heterocycles. The lowest BCUT2D eigenvalue weighted by atomic mass is 9.82. The molecule has 3 fully saturated rings. The Balaban J connectivity index is 0.00000196. The fourth-order valence-corrected chi connectivity index (χ4v) is 4.60. The Kier molecular flexibility index (Phi) is 7.05. The van der Waals surface area contributed by atoms with Crippen LogP contribution in [0.25, 0.3) is 0 Å². The molecule has 0 spiro atoms. The predicted molar refractivity (Wildman–Crippen MR) is 114 cm³/mol. The normalized spacial score (nSPS) is 29.6. The van der Waals surface area contributed by atoms with Crippen LogP contribution >= 0.6 is 35.6 Å². The Labute approximate surface area is 177 Å². The number of hydrogen-bond acceptors (Lipinski definition) is 3.